The fourth-order valence-corrected chi connectivity index (χ4v) is 1.15. The lowest BCUT2D eigenvalue weighted by atomic mass is 10.1. The molecule has 0 fully saturated rings. The number of hydrogen-bond acceptors (Lipinski definition) is 3. The summed E-state index contributed by atoms with van der Waals surface area (Å²) in [5.74, 6) is 0.695. The van der Waals surface area contributed by atoms with Crippen molar-refractivity contribution in [3.8, 4) is 11.8 Å². The van der Waals surface area contributed by atoms with Gasteiger partial charge in [-0.2, -0.15) is 5.26 Å². The van der Waals surface area contributed by atoms with Gasteiger partial charge >= 0.3 is 0 Å². The van der Waals surface area contributed by atoms with Crippen molar-refractivity contribution >= 4 is 0 Å². The number of ether oxygens (including phenoxy) is 2. The van der Waals surface area contributed by atoms with Crippen LogP contribution in [0.25, 0.3) is 0 Å². The molecular weight excluding hydrogens is 166 g/mol. The third-order valence-corrected chi connectivity index (χ3v) is 1.76. The molecule has 0 amide bonds. The van der Waals surface area contributed by atoms with Gasteiger partial charge in [0.25, 0.3) is 0 Å². The van der Waals surface area contributed by atoms with Crippen LogP contribution in [-0.4, -0.2) is 14.2 Å². The molecule has 0 heterocycles. The third kappa shape index (κ3) is 1.98. The van der Waals surface area contributed by atoms with Crippen molar-refractivity contribution in [2.75, 3.05) is 14.2 Å². The molecule has 1 aromatic rings. The van der Waals surface area contributed by atoms with Crippen LogP contribution in [-0.2, 0) is 11.3 Å². The summed E-state index contributed by atoms with van der Waals surface area (Å²) < 4.78 is 10.1. The van der Waals surface area contributed by atoms with E-state index in [4.69, 9.17) is 14.7 Å². The fourth-order valence-electron chi connectivity index (χ4n) is 1.15. The first-order chi connectivity index (χ1) is 6.33. The number of hydrogen-bond donors (Lipinski definition) is 0. The van der Waals surface area contributed by atoms with Gasteiger partial charge < -0.3 is 9.47 Å². The first kappa shape index (κ1) is 9.56. The largest absolute Gasteiger partial charge is 0.496 e. The molecule has 1 aromatic carbocycles. The molecule has 3 nitrogen and oxygen atoms in total. The van der Waals surface area contributed by atoms with Crippen molar-refractivity contribution in [3.05, 3.63) is 29.3 Å². The predicted molar refractivity (Wildman–Crippen MR) is 48.4 cm³/mol. The summed E-state index contributed by atoms with van der Waals surface area (Å²) in [6.07, 6.45) is 0. The van der Waals surface area contributed by atoms with Gasteiger partial charge in [-0.1, -0.05) is 6.07 Å². The van der Waals surface area contributed by atoms with E-state index in [-0.39, 0.29) is 0 Å². The van der Waals surface area contributed by atoms with Crippen LogP contribution in [0.2, 0.25) is 0 Å². The van der Waals surface area contributed by atoms with Crippen molar-refractivity contribution in [3.63, 3.8) is 0 Å². The smallest absolute Gasteiger partial charge is 0.125 e. The van der Waals surface area contributed by atoms with Crippen molar-refractivity contribution in [2.45, 2.75) is 6.61 Å². The van der Waals surface area contributed by atoms with Crippen LogP contribution in [0.15, 0.2) is 18.2 Å². The zero-order chi connectivity index (χ0) is 9.68. The Labute approximate surface area is 77.5 Å². The monoisotopic (exact) mass is 177 g/mol. The van der Waals surface area contributed by atoms with E-state index in [1.807, 2.05) is 6.07 Å². The Morgan fingerprint density at radius 1 is 1.38 bits per heavy atom. The molecule has 3 heteroatoms. The molecule has 1 rings (SSSR count). The highest BCUT2D eigenvalue weighted by Crippen LogP contribution is 2.22. The molecule has 0 aromatic heterocycles. The van der Waals surface area contributed by atoms with Gasteiger partial charge in [-0.3, -0.25) is 0 Å². The van der Waals surface area contributed by atoms with Crippen LogP contribution >= 0.6 is 0 Å². The van der Waals surface area contributed by atoms with Crippen LogP contribution in [0.3, 0.4) is 0 Å². The average Bonchev–Trinajstić information content (AvgIpc) is 2.18. The molecule has 0 atom stereocenters. The lowest BCUT2D eigenvalue weighted by Gasteiger charge is -2.08. The number of methoxy groups -OCH3 is 2. The van der Waals surface area contributed by atoms with Gasteiger partial charge in [-0.15, -0.1) is 0 Å². The Balaban J connectivity index is 3.15. The van der Waals surface area contributed by atoms with E-state index < -0.39 is 0 Å². The summed E-state index contributed by atoms with van der Waals surface area (Å²) in [7, 11) is 3.17. The van der Waals surface area contributed by atoms with Gasteiger partial charge in [0.1, 0.15) is 5.75 Å². The molecule has 0 aliphatic rings. The molecule has 0 spiro atoms. The fraction of sp³-hybridized carbons (Fsp3) is 0.300. The molecule has 0 bridgehead atoms. The molecule has 0 unspecified atom stereocenters. The van der Waals surface area contributed by atoms with Crippen molar-refractivity contribution < 1.29 is 9.47 Å². The second-order valence-electron chi connectivity index (χ2n) is 2.53. The maximum Gasteiger partial charge on any atom is 0.125 e. The summed E-state index contributed by atoms with van der Waals surface area (Å²) in [6, 6.07) is 7.44. The summed E-state index contributed by atoms with van der Waals surface area (Å²) in [5.41, 5.74) is 1.40. The Bertz CT molecular complexity index is 328. The highest BCUT2D eigenvalue weighted by molar-refractivity contribution is 5.46. The minimum absolute atomic E-state index is 0.396. The average molecular weight is 177 g/mol. The van der Waals surface area contributed by atoms with Gasteiger partial charge in [0, 0.05) is 12.7 Å². The lowest BCUT2D eigenvalue weighted by molar-refractivity contribution is 0.181. The van der Waals surface area contributed by atoms with Crippen molar-refractivity contribution in [1.82, 2.24) is 0 Å². The van der Waals surface area contributed by atoms with Crippen LogP contribution in [0.1, 0.15) is 11.1 Å². The van der Waals surface area contributed by atoms with E-state index >= 15 is 0 Å². The minimum atomic E-state index is 0.396. The molecular formula is C10H11NO2. The molecule has 0 saturated carbocycles. The zero-order valence-electron chi connectivity index (χ0n) is 7.70. The molecule has 0 radical (unpaired) electrons. The summed E-state index contributed by atoms with van der Waals surface area (Å²) in [5, 5.41) is 8.80. The van der Waals surface area contributed by atoms with Crippen LogP contribution in [0.4, 0.5) is 0 Å². The van der Waals surface area contributed by atoms with E-state index in [2.05, 4.69) is 6.07 Å². The van der Waals surface area contributed by atoms with Crippen LogP contribution in [0.5, 0.6) is 5.75 Å². The SMILES string of the molecule is COCc1c(C#N)cccc1OC. The first-order valence-electron chi connectivity index (χ1n) is 3.88. The molecule has 68 valence electrons. The van der Waals surface area contributed by atoms with E-state index in [9.17, 15) is 0 Å². The standard InChI is InChI=1S/C10H11NO2/c1-12-7-9-8(6-11)4-3-5-10(9)13-2/h3-5H,7H2,1-2H3. The Kier molecular flexibility index (Phi) is 3.30. The Morgan fingerprint density at radius 3 is 2.69 bits per heavy atom. The second-order valence-corrected chi connectivity index (χ2v) is 2.53. The Hall–Kier alpha value is -1.53. The van der Waals surface area contributed by atoms with E-state index in [1.54, 1.807) is 26.4 Å². The van der Waals surface area contributed by atoms with Gasteiger partial charge in [-0.25, -0.2) is 0 Å². The molecule has 0 aliphatic heterocycles. The number of rotatable bonds is 3. The second kappa shape index (κ2) is 4.48. The lowest BCUT2D eigenvalue weighted by Crippen LogP contribution is -1.97. The van der Waals surface area contributed by atoms with Gasteiger partial charge in [-0.05, 0) is 12.1 Å². The normalized spacial score (nSPS) is 9.31. The molecule has 0 aliphatic carbocycles. The number of benzene rings is 1. The van der Waals surface area contributed by atoms with Gasteiger partial charge in [0.2, 0.25) is 0 Å². The van der Waals surface area contributed by atoms with Gasteiger partial charge in [0.15, 0.2) is 0 Å². The quantitative estimate of drug-likeness (QED) is 0.705. The minimum Gasteiger partial charge on any atom is -0.496 e. The topological polar surface area (TPSA) is 42.2 Å². The first-order valence-corrected chi connectivity index (χ1v) is 3.88. The van der Waals surface area contributed by atoms with Gasteiger partial charge in [0.05, 0.1) is 25.3 Å². The summed E-state index contributed by atoms with van der Waals surface area (Å²) in [4.78, 5) is 0. The van der Waals surface area contributed by atoms with E-state index in [0.29, 0.717) is 17.9 Å². The molecule has 0 saturated heterocycles. The van der Waals surface area contributed by atoms with Crippen molar-refractivity contribution in [2.24, 2.45) is 0 Å². The maximum atomic E-state index is 8.80. The zero-order valence-corrected chi connectivity index (χ0v) is 7.70. The maximum absolute atomic E-state index is 8.80. The van der Waals surface area contributed by atoms with E-state index in [0.717, 1.165) is 5.56 Å². The van der Waals surface area contributed by atoms with Crippen LogP contribution in [0, 0.1) is 11.3 Å². The molecule has 13 heavy (non-hydrogen) atoms. The summed E-state index contributed by atoms with van der Waals surface area (Å²) in [6.45, 7) is 0.396. The highest BCUT2D eigenvalue weighted by atomic mass is 16.5. The highest BCUT2D eigenvalue weighted by Gasteiger charge is 2.07. The third-order valence-electron chi connectivity index (χ3n) is 1.76. The van der Waals surface area contributed by atoms with Crippen LogP contribution < -0.4 is 4.74 Å². The van der Waals surface area contributed by atoms with Crippen molar-refractivity contribution in [1.29, 1.82) is 5.26 Å². The number of nitrogens with zero attached hydrogens (tertiary/aromatic N) is 1. The Morgan fingerprint density at radius 2 is 2.15 bits per heavy atom. The number of nitriles is 1. The molecule has 0 N–H and O–H groups in total. The van der Waals surface area contributed by atoms with E-state index in [1.165, 1.54) is 0 Å². The summed E-state index contributed by atoms with van der Waals surface area (Å²) >= 11 is 0. The predicted octanol–water partition coefficient (Wildman–Crippen LogP) is 1.71.